The largest absolute Gasteiger partial charge is 0.466 e. The van der Waals surface area contributed by atoms with Gasteiger partial charge in [0.05, 0.1) is 5.56 Å². The number of amides is 1. The molecule has 0 radical (unpaired) electrons. The molecule has 72 valence electrons. The van der Waals surface area contributed by atoms with Gasteiger partial charge in [-0.25, -0.2) is 0 Å². The van der Waals surface area contributed by atoms with Crippen LogP contribution in [0.1, 0.15) is 21.9 Å². The van der Waals surface area contributed by atoms with Gasteiger partial charge in [0.25, 0.3) is 5.91 Å². The third-order valence-corrected chi connectivity index (χ3v) is 1.85. The monoisotopic (exact) mass is 201 g/mol. The molecule has 0 spiro atoms. The standard InChI is InChI=1S/C9H12ClNO2/c1-6-5-8(7(2)13-6)9(12)11-4-3-10/h5H,3-4H2,1-2H3,(H,11,12). The first-order valence-corrected chi connectivity index (χ1v) is 4.60. The molecule has 0 aliphatic carbocycles. The van der Waals surface area contributed by atoms with Crippen molar-refractivity contribution in [3.8, 4) is 0 Å². The smallest absolute Gasteiger partial charge is 0.254 e. The third-order valence-electron chi connectivity index (χ3n) is 1.67. The molecule has 1 aromatic heterocycles. The van der Waals surface area contributed by atoms with Gasteiger partial charge in [-0.2, -0.15) is 0 Å². The zero-order valence-corrected chi connectivity index (χ0v) is 8.44. The van der Waals surface area contributed by atoms with E-state index in [-0.39, 0.29) is 5.91 Å². The third kappa shape index (κ3) is 2.49. The van der Waals surface area contributed by atoms with Gasteiger partial charge in [0.15, 0.2) is 0 Å². The Balaban J connectivity index is 2.70. The molecule has 0 aliphatic rings. The van der Waals surface area contributed by atoms with Crippen LogP contribution in [0.5, 0.6) is 0 Å². The Kier molecular flexibility index (Phi) is 3.37. The fourth-order valence-corrected chi connectivity index (χ4v) is 1.21. The first-order valence-electron chi connectivity index (χ1n) is 4.06. The lowest BCUT2D eigenvalue weighted by atomic mass is 10.2. The summed E-state index contributed by atoms with van der Waals surface area (Å²) in [6.07, 6.45) is 0. The van der Waals surface area contributed by atoms with E-state index >= 15 is 0 Å². The molecular formula is C9H12ClNO2. The van der Waals surface area contributed by atoms with E-state index in [4.69, 9.17) is 16.0 Å². The minimum Gasteiger partial charge on any atom is -0.466 e. The summed E-state index contributed by atoms with van der Waals surface area (Å²) in [5.74, 6) is 1.68. The average Bonchev–Trinajstić information content (AvgIpc) is 2.41. The van der Waals surface area contributed by atoms with E-state index in [0.29, 0.717) is 23.7 Å². The second kappa shape index (κ2) is 4.33. The normalized spacial score (nSPS) is 10.1. The maximum absolute atomic E-state index is 11.4. The molecule has 0 aliphatic heterocycles. The Morgan fingerprint density at radius 1 is 1.62 bits per heavy atom. The zero-order chi connectivity index (χ0) is 9.84. The minimum atomic E-state index is -0.130. The highest BCUT2D eigenvalue weighted by molar-refractivity contribution is 6.18. The van der Waals surface area contributed by atoms with Crippen molar-refractivity contribution in [1.29, 1.82) is 0 Å². The number of hydrogen-bond acceptors (Lipinski definition) is 2. The summed E-state index contributed by atoms with van der Waals surface area (Å²) in [7, 11) is 0. The van der Waals surface area contributed by atoms with Crippen LogP contribution in [0, 0.1) is 13.8 Å². The van der Waals surface area contributed by atoms with E-state index in [1.165, 1.54) is 0 Å². The van der Waals surface area contributed by atoms with Gasteiger partial charge in [-0.1, -0.05) is 0 Å². The molecule has 0 fully saturated rings. The SMILES string of the molecule is Cc1cc(C(=O)NCCCl)c(C)o1. The second-order valence-electron chi connectivity index (χ2n) is 2.77. The molecule has 13 heavy (non-hydrogen) atoms. The van der Waals surface area contributed by atoms with Crippen molar-refractivity contribution in [2.75, 3.05) is 12.4 Å². The lowest BCUT2D eigenvalue weighted by Crippen LogP contribution is -2.25. The first kappa shape index (κ1) is 10.1. The van der Waals surface area contributed by atoms with Crippen molar-refractivity contribution in [3.05, 3.63) is 23.2 Å². The number of rotatable bonds is 3. The number of furan rings is 1. The molecule has 1 amide bonds. The molecule has 1 heterocycles. The summed E-state index contributed by atoms with van der Waals surface area (Å²) in [6.45, 7) is 4.05. The van der Waals surface area contributed by atoms with E-state index in [2.05, 4.69) is 5.32 Å². The molecule has 3 nitrogen and oxygen atoms in total. The average molecular weight is 202 g/mol. The quantitative estimate of drug-likeness (QED) is 0.759. The van der Waals surface area contributed by atoms with Crippen LogP contribution in [0.25, 0.3) is 0 Å². The molecule has 0 atom stereocenters. The van der Waals surface area contributed by atoms with Crippen LogP contribution < -0.4 is 5.32 Å². The summed E-state index contributed by atoms with van der Waals surface area (Å²) >= 11 is 5.44. The highest BCUT2D eigenvalue weighted by Crippen LogP contribution is 2.12. The van der Waals surface area contributed by atoms with Gasteiger partial charge in [-0.3, -0.25) is 4.79 Å². The molecule has 0 unspecified atom stereocenters. The predicted molar refractivity (Wildman–Crippen MR) is 51.2 cm³/mol. The van der Waals surface area contributed by atoms with E-state index in [9.17, 15) is 4.79 Å². The van der Waals surface area contributed by atoms with Crippen molar-refractivity contribution in [2.45, 2.75) is 13.8 Å². The number of hydrogen-bond donors (Lipinski definition) is 1. The van der Waals surface area contributed by atoms with Gasteiger partial charge in [0, 0.05) is 12.4 Å². The minimum absolute atomic E-state index is 0.130. The lowest BCUT2D eigenvalue weighted by molar-refractivity contribution is 0.0954. The fourth-order valence-electron chi connectivity index (χ4n) is 1.11. The van der Waals surface area contributed by atoms with Crippen molar-refractivity contribution >= 4 is 17.5 Å². The number of halogens is 1. The Morgan fingerprint density at radius 2 is 2.31 bits per heavy atom. The van der Waals surface area contributed by atoms with Crippen molar-refractivity contribution in [3.63, 3.8) is 0 Å². The summed E-state index contributed by atoms with van der Waals surface area (Å²) in [5.41, 5.74) is 0.586. The Labute approximate surface area is 82.1 Å². The Bertz CT molecular complexity index is 307. The molecule has 4 heteroatoms. The Morgan fingerprint density at radius 3 is 2.77 bits per heavy atom. The van der Waals surface area contributed by atoms with Crippen LogP contribution in [0.2, 0.25) is 0 Å². The number of carbonyl (C=O) groups is 1. The van der Waals surface area contributed by atoms with Gasteiger partial charge < -0.3 is 9.73 Å². The van der Waals surface area contributed by atoms with E-state index < -0.39 is 0 Å². The van der Waals surface area contributed by atoms with Crippen LogP contribution in [-0.2, 0) is 0 Å². The van der Waals surface area contributed by atoms with Crippen LogP contribution in [0.4, 0.5) is 0 Å². The molecule has 0 aromatic carbocycles. The van der Waals surface area contributed by atoms with Crippen LogP contribution in [0.15, 0.2) is 10.5 Å². The maximum atomic E-state index is 11.4. The molecule has 1 rings (SSSR count). The molecule has 0 saturated carbocycles. The number of alkyl halides is 1. The van der Waals surface area contributed by atoms with Gasteiger partial charge >= 0.3 is 0 Å². The van der Waals surface area contributed by atoms with Crippen LogP contribution >= 0.6 is 11.6 Å². The van der Waals surface area contributed by atoms with E-state index in [1.54, 1.807) is 13.0 Å². The summed E-state index contributed by atoms with van der Waals surface area (Å²) in [4.78, 5) is 11.4. The van der Waals surface area contributed by atoms with Crippen molar-refractivity contribution < 1.29 is 9.21 Å². The maximum Gasteiger partial charge on any atom is 0.254 e. The molecule has 1 aromatic rings. The van der Waals surface area contributed by atoms with Crippen molar-refractivity contribution in [1.82, 2.24) is 5.32 Å². The first-order chi connectivity index (χ1) is 6.15. The topological polar surface area (TPSA) is 42.2 Å². The number of nitrogens with one attached hydrogen (secondary N) is 1. The molecule has 0 bridgehead atoms. The van der Waals surface area contributed by atoms with Crippen molar-refractivity contribution in [2.24, 2.45) is 0 Å². The van der Waals surface area contributed by atoms with Gasteiger partial charge in [-0.15, -0.1) is 11.6 Å². The highest BCUT2D eigenvalue weighted by atomic mass is 35.5. The van der Waals surface area contributed by atoms with Crippen LogP contribution in [0.3, 0.4) is 0 Å². The summed E-state index contributed by atoms with van der Waals surface area (Å²) < 4.78 is 5.22. The van der Waals surface area contributed by atoms with Gasteiger partial charge in [-0.05, 0) is 19.9 Å². The Hall–Kier alpha value is -0.960. The van der Waals surface area contributed by atoms with Gasteiger partial charge in [0.1, 0.15) is 11.5 Å². The van der Waals surface area contributed by atoms with E-state index in [1.807, 2.05) is 6.92 Å². The lowest BCUT2D eigenvalue weighted by Gasteiger charge is -1.99. The molecular weight excluding hydrogens is 190 g/mol. The van der Waals surface area contributed by atoms with Crippen LogP contribution in [-0.4, -0.2) is 18.3 Å². The second-order valence-corrected chi connectivity index (χ2v) is 3.15. The fraction of sp³-hybridized carbons (Fsp3) is 0.444. The zero-order valence-electron chi connectivity index (χ0n) is 7.69. The summed E-state index contributed by atoms with van der Waals surface area (Å²) in [5, 5.41) is 2.67. The molecule has 0 saturated heterocycles. The van der Waals surface area contributed by atoms with E-state index in [0.717, 1.165) is 5.76 Å². The summed E-state index contributed by atoms with van der Waals surface area (Å²) in [6, 6.07) is 1.72. The number of carbonyl (C=O) groups excluding carboxylic acids is 1. The molecule has 1 N–H and O–H groups in total. The number of aryl methyl sites for hydroxylation is 2. The van der Waals surface area contributed by atoms with Gasteiger partial charge in [0.2, 0.25) is 0 Å². The highest BCUT2D eigenvalue weighted by Gasteiger charge is 2.11. The predicted octanol–water partition coefficient (Wildman–Crippen LogP) is 1.87.